The third-order valence-corrected chi connectivity index (χ3v) is 9.71. The molecule has 0 aromatic heterocycles. The summed E-state index contributed by atoms with van der Waals surface area (Å²) in [7, 11) is 0. The first-order valence-electron chi connectivity index (χ1n) is 23.5. The van der Waals surface area contributed by atoms with Crippen LogP contribution in [-0.4, -0.2) is 37.9 Å². The number of carbonyl (C=O) groups is 2. The highest BCUT2D eigenvalue weighted by Gasteiger charge is 2.17. The second-order valence-corrected chi connectivity index (χ2v) is 15.3. The van der Waals surface area contributed by atoms with Gasteiger partial charge in [-0.15, -0.1) is 0 Å². The Morgan fingerprint density at radius 1 is 0.411 bits per heavy atom. The summed E-state index contributed by atoms with van der Waals surface area (Å²) in [6.07, 6.45) is 59.0. The van der Waals surface area contributed by atoms with Crippen molar-refractivity contribution in [3.05, 3.63) is 72.9 Å². The van der Waals surface area contributed by atoms with E-state index >= 15 is 0 Å². The van der Waals surface area contributed by atoms with E-state index in [0.29, 0.717) is 19.4 Å². The number of ether oxygens (including phenoxy) is 3. The van der Waals surface area contributed by atoms with E-state index in [2.05, 4.69) is 93.7 Å². The lowest BCUT2D eigenvalue weighted by atomic mass is 10.1. The zero-order valence-electron chi connectivity index (χ0n) is 36.9. The highest BCUT2D eigenvalue weighted by atomic mass is 16.6. The highest BCUT2D eigenvalue weighted by Crippen LogP contribution is 2.13. The molecule has 0 spiro atoms. The number of hydrogen-bond acceptors (Lipinski definition) is 5. The second-order valence-electron chi connectivity index (χ2n) is 15.3. The van der Waals surface area contributed by atoms with Crippen LogP contribution in [0.15, 0.2) is 72.9 Å². The maximum absolute atomic E-state index is 12.7. The molecule has 0 amide bonds. The molecule has 5 heteroatoms. The Hall–Kier alpha value is -2.66. The van der Waals surface area contributed by atoms with E-state index in [4.69, 9.17) is 14.2 Å². The molecule has 0 aliphatic carbocycles. The van der Waals surface area contributed by atoms with Gasteiger partial charge in [0.2, 0.25) is 0 Å². The van der Waals surface area contributed by atoms with Gasteiger partial charge in [0.25, 0.3) is 0 Å². The van der Waals surface area contributed by atoms with Crippen LogP contribution >= 0.6 is 0 Å². The van der Waals surface area contributed by atoms with Crippen molar-refractivity contribution < 1.29 is 23.8 Å². The molecule has 56 heavy (non-hydrogen) atoms. The molecule has 0 radical (unpaired) electrons. The van der Waals surface area contributed by atoms with Crippen molar-refractivity contribution in [2.24, 2.45) is 0 Å². The zero-order chi connectivity index (χ0) is 40.7. The molecule has 0 saturated heterocycles. The molecular formula is C51H88O5. The first-order valence-corrected chi connectivity index (χ1v) is 23.5. The van der Waals surface area contributed by atoms with E-state index < -0.39 is 6.10 Å². The summed E-state index contributed by atoms with van der Waals surface area (Å²) in [5, 5.41) is 0. The highest BCUT2D eigenvalue weighted by molar-refractivity contribution is 5.70. The fourth-order valence-corrected chi connectivity index (χ4v) is 6.24. The molecular weight excluding hydrogens is 693 g/mol. The van der Waals surface area contributed by atoms with Gasteiger partial charge in [-0.1, -0.05) is 190 Å². The third-order valence-electron chi connectivity index (χ3n) is 9.71. The molecule has 0 saturated carbocycles. The Bertz CT molecular complexity index is 1020. The van der Waals surface area contributed by atoms with Crippen molar-refractivity contribution in [3.63, 3.8) is 0 Å². The Balaban J connectivity index is 4.26. The monoisotopic (exact) mass is 781 g/mol. The molecule has 0 rings (SSSR count). The Morgan fingerprint density at radius 3 is 1.36 bits per heavy atom. The first-order chi connectivity index (χ1) is 27.6. The van der Waals surface area contributed by atoms with Gasteiger partial charge in [0, 0.05) is 19.4 Å². The van der Waals surface area contributed by atoms with Crippen LogP contribution in [0.3, 0.4) is 0 Å². The van der Waals surface area contributed by atoms with Gasteiger partial charge in [-0.3, -0.25) is 9.59 Å². The molecule has 322 valence electrons. The molecule has 0 aliphatic heterocycles. The lowest BCUT2D eigenvalue weighted by Gasteiger charge is -2.18. The number of esters is 2. The summed E-state index contributed by atoms with van der Waals surface area (Å²) in [6, 6.07) is 0. The van der Waals surface area contributed by atoms with Crippen molar-refractivity contribution in [2.75, 3.05) is 19.8 Å². The average Bonchev–Trinajstić information content (AvgIpc) is 3.20. The van der Waals surface area contributed by atoms with Crippen LogP contribution in [0.2, 0.25) is 0 Å². The van der Waals surface area contributed by atoms with E-state index in [1.54, 1.807) is 0 Å². The van der Waals surface area contributed by atoms with Crippen LogP contribution in [0.25, 0.3) is 0 Å². The Morgan fingerprint density at radius 2 is 0.839 bits per heavy atom. The Kier molecular flexibility index (Phi) is 44.5. The maximum Gasteiger partial charge on any atom is 0.306 e. The molecule has 0 fully saturated rings. The SMILES string of the molecule is CC/C=C\C/C=C\C/C=C\C/C=C\CCCCCCCOCC(COC(=O)CCCCCCC/C=C\C/C=C\CCC)OC(=O)CCCCCCCCCCC. The summed E-state index contributed by atoms with van der Waals surface area (Å²) < 4.78 is 17.3. The van der Waals surface area contributed by atoms with Crippen LogP contribution in [0, 0.1) is 0 Å². The summed E-state index contributed by atoms with van der Waals surface area (Å²) in [6.45, 7) is 7.58. The predicted molar refractivity (Wildman–Crippen MR) is 242 cm³/mol. The summed E-state index contributed by atoms with van der Waals surface area (Å²) in [5.41, 5.74) is 0. The molecule has 5 nitrogen and oxygen atoms in total. The van der Waals surface area contributed by atoms with Crippen molar-refractivity contribution in [1.29, 1.82) is 0 Å². The normalized spacial score (nSPS) is 12.8. The minimum atomic E-state index is -0.550. The summed E-state index contributed by atoms with van der Waals surface area (Å²) >= 11 is 0. The van der Waals surface area contributed by atoms with E-state index in [1.165, 1.54) is 89.9 Å². The van der Waals surface area contributed by atoms with E-state index in [0.717, 1.165) is 89.9 Å². The standard InChI is InChI=1S/C51H88O5/c1-4-7-10-13-16-19-21-23-24-25-26-27-29-31-34-37-40-43-46-54-47-49(56-51(53)45-42-39-36-32-18-15-12-9-6-3)48-55-50(52)44-41-38-35-33-30-28-22-20-17-14-11-8-5-2/h7,10-11,14,16,19-20,22-24,26-27,49H,4-6,8-9,12-13,15,17-18,21,25,28-48H2,1-3H3/b10-7-,14-11-,19-16-,22-20-,24-23-,27-26-. The smallest absolute Gasteiger partial charge is 0.306 e. The van der Waals surface area contributed by atoms with Gasteiger partial charge in [-0.05, 0) is 83.5 Å². The number of carbonyl (C=O) groups excluding carboxylic acids is 2. The molecule has 1 atom stereocenters. The molecule has 0 aromatic rings. The third kappa shape index (κ3) is 44.1. The quantitative estimate of drug-likeness (QED) is 0.0351. The molecule has 0 aromatic carbocycles. The first kappa shape index (κ1) is 53.3. The predicted octanol–water partition coefficient (Wildman–Crippen LogP) is 15.6. The Labute approximate surface area is 347 Å². The van der Waals surface area contributed by atoms with Crippen molar-refractivity contribution >= 4 is 11.9 Å². The minimum Gasteiger partial charge on any atom is -0.462 e. The van der Waals surface area contributed by atoms with Crippen LogP contribution in [0.4, 0.5) is 0 Å². The van der Waals surface area contributed by atoms with Crippen molar-refractivity contribution in [2.45, 2.75) is 219 Å². The fourth-order valence-electron chi connectivity index (χ4n) is 6.24. The number of rotatable bonds is 42. The molecule has 0 aliphatic rings. The van der Waals surface area contributed by atoms with Crippen molar-refractivity contribution in [3.8, 4) is 0 Å². The topological polar surface area (TPSA) is 61.8 Å². The van der Waals surface area contributed by atoms with Gasteiger partial charge in [0.1, 0.15) is 6.61 Å². The number of allylic oxidation sites excluding steroid dienone is 12. The lowest BCUT2D eigenvalue weighted by molar-refractivity contribution is -0.163. The van der Waals surface area contributed by atoms with Gasteiger partial charge in [-0.2, -0.15) is 0 Å². The van der Waals surface area contributed by atoms with Crippen LogP contribution < -0.4 is 0 Å². The molecule has 0 bridgehead atoms. The fraction of sp³-hybridized carbons (Fsp3) is 0.725. The molecule has 1 unspecified atom stereocenters. The number of hydrogen-bond donors (Lipinski definition) is 0. The van der Waals surface area contributed by atoms with Crippen LogP contribution in [0.5, 0.6) is 0 Å². The average molecular weight is 781 g/mol. The lowest BCUT2D eigenvalue weighted by Crippen LogP contribution is -2.30. The van der Waals surface area contributed by atoms with Crippen molar-refractivity contribution in [1.82, 2.24) is 0 Å². The van der Waals surface area contributed by atoms with Gasteiger partial charge < -0.3 is 14.2 Å². The van der Waals surface area contributed by atoms with Crippen LogP contribution in [0.1, 0.15) is 213 Å². The largest absolute Gasteiger partial charge is 0.462 e. The second kappa shape index (κ2) is 46.7. The summed E-state index contributed by atoms with van der Waals surface area (Å²) in [4.78, 5) is 25.2. The van der Waals surface area contributed by atoms with Gasteiger partial charge in [0.15, 0.2) is 6.10 Å². The van der Waals surface area contributed by atoms with E-state index in [-0.39, 0.29) is 25.2 Å². The number of unbranched alkanes of at least 4 members (excludes halogenated alkanes) is 19. The molecule has 0 heterocycles. The van der Waals surface area contributed by atoms with E-state index in [9.17, 15) is 9.59 Å². The van der Waals surface area contributed by atoms with Gasteiger partial charge >= 0.3 is 11.9 Å². The zero-order valence-corrected chi connectivity index (χ0v) is 36.9. The van der Waals surface area contributed by atoms with E-state index in [1.807, 2.05) is 0 Å². The van der Waals surface area contributed by atoms with Gasteiger partial charge in [-0.25, -0.2) is 0 Å². The summed E-state index contributed by atoms with van der Waals surface area (Å²) in [5.74, 6) is -0.428. The van der Waals surface area contributed by atoms with Crippen LogP contribution in [-0.2, 0) is 23.8 Å². The minimum absolute atomic E-state index is 0.0690. The maximum atomic E-state index is 12.7. The van der Waals surface area contributed by atoms with Gasteiger partial charge in [0.05, 0.1) is 6.61 Å². The molecule has 0 N–H and O–H groups in total.